The third kappa shape index (κ3) is 2.05. The molecule has 1 aliphatic rings. The number of nitrogens with one attached hydrogen (secondary N) is 1. The SMILES string of the molecule is CONCc1ccc2c(c1)CCCO2. The Morgan fingerprint density at radius 2 is 2.43 bits per heavy atom. The molecular formula is C11H15NO2. The number of fused-ring (bicyclic) bond motifs is 1. The van der Waals surface area contributed by atoms with E-state index in [1.165, 1.54) is 11.1 Å². The highest BCUT2D eigenvalue weighted by Gasteiger charge is 2.09. The molecule has 1 aromatic carbocycles. The Morgan fingerprint density at radius 3 is 3.29 bits per heavy atom. The number of hydrogen-bond donors (Lipinski definition) is 1. The van der Waals surface area contributed by atoms with E-state index in [9.17, 15) is 0 Å². The van der Waals surface area contributed by atoms with Crippen LogP contribution in [0.15, 0.2) is 18.2 Å². The maximum Gasteiger partial charge on any atom is 0.122 e. The summed E-state index contributed by atoms with van der Waals surface area (Å²) in [5, 5.41) is 0. The monoisotopic (exact) mass is 193 g/mol. The van der Waals surface area contributed by atoms with E-state index in [1.54, 1.807) is 7.11 Å². The molecule has 0 aliphatic carbocycles. The van der Waals surface area contributed by atoms with Crippen LogP contribution in [-0.2, 0) is 17.8 Å². The number of aryl methyl sites for hydroxylation is 1. The largest absolute Gasteiger partial charge is 0.493 e. The van der Waals surface area contributed by atoms with Gasteiger partial charge >= 0.3 is 0 Å². The molecule has 3 heteroatoms. The minimum Gasteiger partial charge on any atom is -0.493 e. The minimum absolute atomic E-state index is 0.740. The lowest BCUT2D eigenvalue weighted by Gasteiger charge is -2.17. The lowest BCUT2D eigenvalue weighted by molar-refractivity contribution is 0.0867. The number of hydroxylamine groups is 1. The Balaban J connectivity index is 2.12. The maximum atomic E-state index is 5.53. The fraction of sp³-hybridized carbons (Fsp3) is 0.455. The minimum atomic E-state index is 0.740. The Bertz CT molecular complexity index is 312. The van der Waals surface area contributed by atoms with Gasteiger partial charge in [0, 0.05) is 6.54 Å². The predicted octanol–water partition coefficient (Wildman–Crippen LogP) is 1.66. The summed E-state index contributed by atoms with van der Waals surface area (Å²) in [6.07, 6.45) is 2.24. The van der Waals surface area contributed by atoms with Crippen LogP contribution >= 0.6 is 0 Å². The van der Waals surface area contributed by atoms with Gasteiger partial charge in [0.1, 0.15) is 5.75 Å². The fourth-order valence-electron chi connectivity index (χ4n) is 1.68. The zero-order valence-corrected chi connectivity index (χ0v) is 8.38. The second-order valence-electron chi connectivity index (χ2n) is 3.42. The summed E-state index contributed by atoms with van der Waals surface area (Å²) in [6, 6.07) is 6.29. The molecule has 0 saturated heterocycles. The summed E-state index contributed by atoms with van der Waals surface area (Å²) in [4.78, 5) is 4.81. The highest BCUT2D eigenvalue weighted by Crippen LogP contribution is 2.25. The van der Waals surface area contributed by atoms with E-state index in [0.29, 0.717) is 0 Å². The van der Waals surface area contributed by atoms with Crippen LogP contribution in [0.3, 0.4) is 0 Å². The van der Waals surface area contributed by atoms with Gasteiger partial charge in [-0.25, -0.2) is 0 Å². The van der Waals surface area contributed by atoms with Crippen molar-refractivity contribution >= 4 is 0 Å². The van der Waals surface area contributed by atoms with Gasteiger partial charge < -0.3 is 9.57 Å². The summed E-state index contributed by atoms with van der Waals surface area (Å²) in [5.41, 5.74) is 5.37. The smallest absolute Gasteiger partial charge is 0.122 e. The van der Waals surface area contributed by atoms with Gasteiger partial charge in [0.05, 0.1) is 13.7 Å². The third-order valence-electron chi connectivity index (χ3n) is 2.39. The van der Waals surface area contributed by atoms with Gasteiger partial charge in [0.15, 0.2) is 0 Å². The molecule has 0 unspecified atom stereocenters. The van der Waals surface area contributed by atoms with Crippen LogP contribution in [-0.4, -0.2) is 13.7 Å². The highest BCUT2D eigenvalue weighted by molar-refractivity contribution is 5.38. The molecule has 0 fully saturated rings. The van der Waals surface area contributed by atoms with Crippen LogP contribution in [0.5, 0.6) is 5.75 Å². The van der Waals surface area contributed by atoms with Crippen molar-refractivity contribution in [1.29, 1.82) is 0 Å². The molecule has 0 atom stereocenters. The van der Waals surface area contributed by atoms with E-state index >= 15 is 0 Å². The second-order valence-corrected chi connectivity index (χ2v) is 3.42. The third-order valence-corrected chi connectivity index (χ3v) is 2.39. The van der Waals surface area contributed by atoms with E-state index in [0.717, 1.165) is 31.7 Å². The van der Waals surface area contributed by atoms with Crippen molar-refractivity contribution < 1.29 is 9.57 Å². The van der Waals surface area contributed by atoms with Crippen molar-refractivity contribution in [3.8, 4) is 5.75 Å². The molecule has 76 valence electrons. The standard InChI is InChI=1S/C11H15NO2/c1-13-12-8-9-4-5-11-10(7-9)3-2-6-14-11/h4-5,7,12H,2-3,6,8H2,1H3. The van der Waals surface area contributed by atoms with Gasteiger partial charge in [-0.1, -0.05) is 12.1 Å². The summed E-state index contributed by atoms with van der Waals surface area (Å²) >= 11 is 0. The first-order valence-electron chi connectivity index (χ1n) is 4.90. The summed E-state index contributed by atoms with van der Waals surface area (Å²) in [7, 11) is 1.63. The molecule has 1 N–H and O–H groups in total. The lowest BCUT2D eigenvalue weighted by Crippen LogP contribution is -2.12. The van der Waals surface area contributed by atoms with Gasteiger partial charge in [-0.15, -0.1) is 0 Å². The topological polar surface area (TPSA) is 30.5 Å². The van der Waals surface area contributed by atoms with E-state index in [2.05, 4.69) is 17.6 Å². The molecule has 0 aromatic heterocycles. The molecule has 0 radical (unpaired) electrons. The van der Waals surface area contributed by atoms with Gasteiger partial charge in [-0.05, 0) is 30.0 Å². The molecule has 0 saturated carbocycles. The molecule has 0 spiro atoms. The second kappa shape index (κ2) is 4.44. The van der Waals surface area contributed by atoms with E-state index in [4.69, 9.17) is 9.57 Å². The van der Waals surface area contributed by atoms with E-state index in [1.807, 2.05) is 6.07 Å². The van der Waals surface area contributed by atoms with Crippen LogP contribution in [0.25, 0.3) is 0 Å². The summed E-state index contributed by atoms with van der Waals surface area (Å²) in [6.45, 7) is 1.59. The fourth-order valence-corrected chi connectivity index (χ4v) is 1.68. The van der Waals surface area contributed by atoms with Crippen molar-refractivity contribution in [2.45, 2.75) is 19.4 Å². The van der Waals surface area contributed by atoms with Gasteiger partial charge in [-0.2, -0.15) is 5.48 Å². The predicted molar refractivity (Wildman–Crippen MR) is 54.1 cm³/mol. The van der Waals surface area contributed by atoms with Crippen molar-refractivity contribution in [2.24, 2.45) is 0 Å². The zero-order chi connectivity index (χ0) is 9.80. The van der Waals surface area contributed by atoms with Crippen molar-refractivity contribution in [3.63, 3.8) is 0 Å². The molecular weight excluding hydrogens is 178 g/mol. The molecule has 2 rings (SSSR count). The molecule has 0 amide bonds. The van der Waals surface area contributed by atoms with Gasteiger partial charge in [-0.3, -0.25) is 0 Å². The Labute approximate surface area is 84.0 Å². The van der Waals surface area contributed by atoms with Gasteiger partial charge in [0.25, 0.3) is 0 Å². The molecule has 14 heavy (non-hydrogen) atoms. The number of hydrogen-bond acceptors (Lipinski definition) is 3. The van der Waals surface area contributed by atoms with Crippen molar-refractivity contribution in [3.05, 3.63) is 29.3 Å². The average Bonchev–Trinajstić information content (AvgIpc) is 2.26. The molecule has 0 bridgehead atoms. The Hall–Kier alpha value is -1.06. The van der Waals surface area contributed by atoms with Crippen LogP contribution in [0.4, 0.5) is 0 Å². The maximum absolute atomic E-state index is 5.53. The quantitative estimate of drug-likeness (QED) is 0.741. The summed E-state index contributed by atoms with van der Waals surface area (Å²) < 4.78 is 5.53. The first kappa shape index (κ1) is 9.49. The van der Waals surface area contributed by atoms with Crippen LogP contribution in [0.2, 0.25) is 0 Å². The number of ether oxygens (including phenoxy) is 1. The molecule has 1 heterocycles. The number of rotatable bonds is 3. The van der Waals surface area contributed by atoms with Gasteiger partial charge in [0.2, 0.25) is 0 Å². The Kier molecular flexibility index (Phi) is 3.01. The van der Waals surface area contributed by atoms with Crippen molar-refractivity contribution in [2.75, 3.05) is 13.7 Å². The molecule has 3 nitrogen and oxygen atoms in total. The zero-order valence-electron chi connectivity index (χ0n) is 8.38. The highest BCUT2D eigenvalue weighted by atomic mass is 16.6. The van der Waals surface area contributed by atoms with Crippen LogP contribution in [0.1, 0.15) is 17.5 Å². The summed E-state index contributed by atoms with van der Waals surface area (Å²) in [5.74, 6) is 1.04. The van der Waals surface area contributed by atoms with Crippen molar-refractivity contribution in [1.82, 2.24) is 5.48 Å². The van der Waals surface area contributed by atoms with Crippen LogP contribution in [0, 0.1) is 0 Å². The molecule has 1 aliphatic heterocycles. The Morgan fingerprint density at radius 1 is 1.50 bits per heavy atom. The number of benzene rings is 1. The van der Waals surface area contributed by atoms with E-state index < -0.39 is 0 Å². The van der Waals surface area contributed by atoms with E-state index in [-0.39, 0.29) is 0 Å². The van der Waals surface area contributed by atoms with Crippen LogP contribution < -0.4 is 10.2 Å². The average molecular weight is 193 g/mol. The first-order chi connectivity index (χ1) is 6.90. The normalized spacial score (nSPS) is 14.6. The lowest BCUT2D eigenvalue weighted by atomic mass is 10.0. The molecule has 1 aromatic rings. The first-order valence-corrected chi connectivity index (χ1v) is 4.90.